The van der Waals surface area contributed by atoms with Crippen LogP contribution in [-0.2, 0) is 11.2 Å². The molecule has 1 aromatic rings. The summed E-state index contributed by atoms with van der Waals surface area (Å²) in [6.07, 6.45) is 0.818. The standard InChI is InChI=1S/C16H26BrNO2/c1-6-20-15(16(2,3)4)13(18)10-11-7-8-14(19-5)12(17)9-11/h7-9,13,15H,6,10,18H2,1-5H3. The topological polar surface area (TPSA) is 44.5 Å². The van der Waals surface area contributed by atoms with Crippen LogP contribution in [0, 0.1) is 5.41 Å². The summed E-state index contributed by atoms with van der Waals surface area (Å²) >= 11 is 3.51. The molecule has 0 heterocycles. The van der Waals surface area contributed by atoms with Crippen molar-refractivity contribution in [3.8, 4) is 5.75 Å². The van der Waals surface area contributed by atoms with Gasteiger partial charge in [-0.3, -0.25) is 0 Å². The Hall–Kier alpha value is -0.580. The summed E-state index contributed by atoms with van der Waals surface area (Å²) in [5.41, 5.74) is 7.58. The lowest BCUT2D eigenvalue weighted by molar-refractivity contribution is -0.0274. The van der Waals surface area contributed by atoms with Gasteiger partial charge < -0.3 is 15.2 Å². The summed E-state index contributed by atoms with van der Waals surface area (Å²) in [6.45, 7) is 9.18. The summed E-state index contributed by atoms with van der Waals surface area (Å²) < 4.78 is 12.0. The van der Waals surface area contributed by atoms with Crippen LogP contribution in [0.15, 0.2) is 22.7 Å². The van der Waals surface area contributed by atoms with Gasteiger partial charge in [0.15, 0.2) is 0 Å². The van der Waals surface area contributed by atoms with Crippen molar-refractivity contribution in [2.24, 2.45) is 11.1 Å². The summed E-state index contributed by atoms with van der Waals surface area (Å²) in [4.78, 5) is 0. The molecule has 0 amide bonds. The molecule has 1 aromatic carbocycles. The maximum Gasteiger partial charge on any atom is 0.133 e. The lowest BCUT2D eigenvalue weighted by Crippen LogP contribution is -2.46. The first-order chi connectivity index (χ1) is 9.29. The van der Waals surface area contributed by atoms with Gasteiger partial charge >= 0.3 is 0 Å². The SMILES string of the molecule is CCOC(C(N)Cc1ccc(OC)c(Br)c1)C(C)(C)C. The molecule has 114 valence electrons. The molecular weight excluding hydrogens is 318 g/mol. The highest BCUT2D eigenvalue weighted by molar-refractivity contribution is 9.10. The molecule has 0 saturated heterocycles. The average molecular weight is 344 g/mol. The van der Waals surface area contributed by atoms with Crippen LogP contribution < -0.4 is 10.5 Å². The third-order valence-electron chi connectivity index (χ3n) is 3.28. The van der Waals surface area contributed by atoms with E-state index in [2.05, 4.69) is 48.8 Å². The van der Waals surface area contributed by atoms with Gasteiger partial charge in [-0.05, 0) is 52.4 Å². The van der Waals surface area contributed by atoms with Gasteiger partial charge in [-0.25, -0.2) is 0 Å². The van der Waals surface area contributed by atoms with Crippen LogP contribution in [0.5, 0.6) is 5.75 Å². The lowest BCUT2D eigenvalue weighted by Gasteiger charge is -2.35. The van der Waals surface area contributed by atoms with Gasteiger partial charge in [-0.2, -0.15) is 0 Å². The van der Waals surface area contributed by atoms with E-state index in [9.17, 15) is 0 Å². The molecule has 0 aliphatic rings. The normalized spacial score (nSPS) is 14.9. The third-order valence-corrected chi connectivity index (χ3v) is 3.90. The van der Waals surface area contributed by atoms with E-state index in [1.807, 2.05) is 13.0 Å². The Morgan fingerprint density at radius 3 is 2.40 bits per heavy atom. The van der Waals surface area contributed by atoms with Gasteiger partial charge in [0.25, 0.3) is 0 Å². The zero-order valence-electron chi connectivity index (χ0n) is 13.1. The maximum absolute atomic E-state index is 6.37. The van der Waals surface area contributed by atoms with Crippen LogP contribution in [0.1, 0.15) is 33.3 Å². The molecule has 20 heavy (non-hydrogen) atoms. The number of methoxy groups -OCH3 is 1. The van der Waals surface area contributed by atoms with Gasteiger partial charge in [0.2, 0.25) is 0 Å². The second-order valence-electron chi connectivity index (χ2n) is 6.08. The minimum Gasteiger partial charge on any atom is -0.496 e. The zero-order valence-corrected chi connectivity index (χ0v) is 14.7. The molecular formula is C16H26BrNO2. The van der Waals surface area contributed by atoms with Gasteiger partial charge in [0, 0.05) is 12.6 Å². The Labute approximate surface area is 131 Å². The van der Waals surface area contributed by atoms with Crippen LogP contribution in [-0.4, -0.2) is 25.9 Å². The Balaban J connectivity index is 2.82. The fourth-order valence-corrected chi connectivity index (χ4v) is 3.00. The van der Waals surface area contributed by atoms with E-state index in [1.54, 1.807) is 7.11 Å². The van der Waals surface area contributed by atoms with Crippen LogP contribution in [0.25, 0.3) is 0 Å². The molecule has 4 heteroatoms. The number of halogens is 1. The van der Waals surface area contributed by atoms with Crippen LogP contribution >= 0.6 is 15.9 Å². The first-order valence-corrected chi connectivity index (χ1v) is 7.78. The number of hydrogen-bond acceptors (Lipinski definition) is 3. The summed E-state index contributed by atoms with van der Waals surface area (Å²) in [7, 11) is 1.66. The number of hydrogen-bond donors (Lipinski definition) is 1. The molecule has 3 nitrogen and oxygen atoms in total. The van der Waals surface area contributed by atoms with Crippen LogP contribution in [0.3, 0.4) is 0 Å². The van der Waals surface area contributed by atoms with Crippen LogP contribution in [0.4, 0.5) is 0 Å². The van der Waals surface area contributed by atoms with Crippen molar-refractivity contribution >= 4 is 15.9 Å². The second kappa shape index (κ2) is 7.43. The van der Waals surface area contributed by atoms with Gasteiger partial charge in [0.1, 0.15) is 5.75 Å². The highest BCUT2D eigenvalue weighted by Crippen LogP contribution is 2.29. The van der Waals surface area contributed by atoms with Crippen molar-refractivity contribution in [1.29, 1.82) is 0 Å². The largest absolute Gasteiger partial charge is 0.496 e. The zero-order chi connectivity index (χ0) is 15.3. The molecule has 0 radical (unpaired) electrons. The number of nitrogens with two attached hydrogens (primary N) is 1. The molecule has 0 spiro atoms. The highest BCUT2D eigenvalue weighted by atomic mass is 79.9. The number of benzene rings is 1. The molecule has 2 atom stereocenters. The summed E-state index contributed by atoms with van der Waals surface area (Å²) in [5, 5.41) is 0. The number of ether oxygens (including phenoxy) is 2. The minimum atomic E-state index is -0.0322. The van der Waals surface area contributed by atoms with Crippen molar-refractivity contribution < 1.29 is 9.47 Å². The molecule has 0 saturated carbocycles. The molecule has 0 aliphatic carbocycles. The minimum absolute atomic E-state index is 0.0269. The predicted molar refractivity (Wildman–Crippen MR) is 87.2 cm³/mol. The molecule has 0 bridgehead atoms. The summed E-state index contributed by atoms with van der Waals surface area (Å²) in [6, 6.07) is 6.04. The molecule has 2 unspecified atom stereocenters. The van der Waals surface area contributed by atoms with Crippen LogP contribution in [0.2, 0.25) is 0 Å². The lowest BCUT2D eigenvalue weighted by atomic mass is 9.82. The monoisotopic (exact) mass is 343 g/mol. The molecule has 0 fully saturated rings. The van der Waals surface area contributed by atoms with E-state index in [0.717, 1.165) is 16.6 Å². The smallest absolute Gasteiger partial charge is 0.133 e. The van der Waals surface area contributed by atoms with Crippen molar-refractivity contribution in [3.05, 3.63) is 28.2 Å². The third kappa shape index (κ3) is 4.76. The molecule has 0 aliphatic heterocycles. The number of rotatable bonds is 6. The average Bonchev–Trinajstić information content (AvgIpc) is 2.34. The van der Waals surface area contributed by atoms with Crippen molar-refractivity contribution in [2.45, 2.75) is 46.3 Å². The second-order valence-corrected chi connectivity index (χ2v) is 6.93. The molecule has 2 N–H and O–H groups in total. The van der Waals surface area contributed by atoms with Crippen molar-refractivity contribution in [3.63, 3.8) is 0 Å². The Kier molecular flexibility index (Phi) is 6.49. The molecule has 0 aromatic heterocycles. The Morgan fingerprint density at radius 1 is 1.30 bits per heavy atom. The maximum atomic E-state index is 6.37. The fourth-order valence-electron chi connectivity index (χ4n) is 2.41. The van der Waals surface area contributed by atoms with Gasteiger partial charge in [-0.1, -0.05) is 26.8 Å². The van der Waals surface area contributed by atoms with E-state index < -0.39 is 0 Å². The van der Waals surface area contributed by atoms with E-state index in [0.29, 0.717) is 6.61 Å². The van der Waals surface area contributed by atoms with Gasteiger partial charge in [-0.15, -0.1) is 0 Å². The summed E-state index contributed by atoms with van der Waals surface area (Å²) in [5.74, 6) is 0.833. The van der Waals surface area contributed by atoms with Gasteiger partial charge in [0.05, 0.1) is 17.7 Å². The highest BCUT2D eigenvalue weighted by Gasteiger charge is 2.30. The van der Waals surface area contributed by atoms with Crippen molar-refractivity contribution in [2.75, 3.05) is 13.7 Å². The quantitative estimate of drug-likeness (QED) is 0.854. The van der Waals surface area contributed by atoms with E-state index in [-0.39, 0.29) is 17.6 Å². The van der Waals surface area contributed by atoms with Crippen molar-refractivity contribution in [1.82, 2.24) is 0 Å². The first-order valence-electron chi connectivity index (χ1n) is 6.99. The fraction of sp³-hybridized carbons (Fsp3) is 0.625. The van der Waals surface area contributed by atoms with E-state index in [1.165, 1.54) is 5.56 Å². The van der Waals surface area contributed by atoms with E-state index in [4.69, 9.17) is 15.2 Å². The first kappa shape index (κ1) is 17.5. The Bertz CT molecular complexity index is 429. The Morgan fingerprint density at radius 2 is 1.95 bits per heavy atom. The predicted octanol–water partition coefficient (Wildman–Crippen LogP) is 3.78. The van der Waals surface area contributed by atoms with E-state index >= 15 is 0 Å². The molecule has 1 rings (SSSR count).